The van der Waals surface area contributed by atoms with E-state index < -0.39 is 36.7 Å². The van der Waals surface area contributed by atoms with Gasteiger partial charge in [-0.15, -0.1) is 0 Å². The maximum atomic E-state index is 11.8. The second kappa shape index (κ2) is 5.17. The van der Waals surface area contributed by atoms with Crippen LogP contribution in [-0.2, 0) is 4.74 Å². The van der Waals surface area contributed by atoms with Crippen molar-refractivity contribution in [1.29, 1.82) is 0 Å². The molecule has 3 rings (SSSR count). The van der Waals surface area contributed by atoms with E-state index in [1.807, 2.05) is 22.6 Å². The van der Waals surface area contributed by atoms with Gasteiger partial charge in [0.25, 0.3) is 5.56 Å². The number of H-pyrrole nitrogens is 1. The summed E-state index contributed by atoms with van der Waals surface area (Å²) in [6.07, 6.45) is -4.51. The van der Waals surface area contributed by atoms with Gasteiger partial charge in [-0.25, -0.2) is 4.98 Å². The summed E-state index contributed by atoms with van der Waals surface area (Å²) in [7, 11) is 0. The number of nitrogens with zero attached hydrogens (tertiary/aromatic N) is 3. The van der Waals surface area contributed by atoms with Gasteiger partial charge in [0.2, 0.25) is 5.95 Å². The molecule has 11 heteroatoms. The van der Waals surface area contributed by atoms with E-state index in [1.54, 1.807) is 0 Å². The number of aliphatic hydroxyl groups is 3. The Morgan fingerprint density at radius 1 is 1.38 bits per heavy atom. The summed E-state index contributed by atoms with van der Waals surface area (Å²) in [5.41, 5.74) is 5.18. The number of rotatable bonds is 2. The number of hydrogen-bond acceptors (Lipinski definition) is 8. The zero-order valence-corrected chi connectivity index (χ0v) is 12.6. The van der Waals surface area contributed by atoms with Crippen molar-refractivity contribution in [2.75, 3.05) is 12.3 Å². The molecule has 0 aliphatic carbocycles. The minimum absolute atomic E-state index is 0.0475. The molecule has 0 aromatic carbocycles. The van der Waals surface area contributed by atoms with Gasteiger partial charge >= 0.3 is 0 Å². The maximum absolute atomic E-state index is 11.8. The first-order valence-corrected chi connectivity index (χ1v) is 7.07. The van der Waals surface area contributed by atoms with Crippen LogP contribution in [0.2, 0.25) is 0 Å². The molecule has 2 aromatic heterocycles. The fourth-order valence-electron chi connectivity index (χ4n) is 2.29. The molecule has 0 saturated carbocycles. The lowest BCUT2D eigenvalue weighted by atomic mass is 10.1. The zero-order valence-electron chi connectivity index (χ0n) is 10.5. The van der Waals surface area contributed by atoms with Crippen molar-refractivity contribution in [3.63, 3.8) is 0 Å². The van der Waals surface area contributed by atoms with Gasteiger partial charge in [-0.2, -0.15) is 4.98 Å². The van der Waals surface area contributed by atoms with Crippen molar-refractivity contribution in [3.05, 3.63) is 14.2 Å². The van der Waals surface area contributed by atoms with Crippen LogP contribution in [0.15, 0.2) is 4.79 Å². The molecule has 4 atom stereocenters. The Morgan fingerprint density at radius 2 is 2.10 bits per heavy atom. The number of ether oxygens (including phenoxy) is 1. The molecule has 1 saturated heterocycles. The van der Waals surface area contributed by atoms with Crippen molar-refractivity contribution >= 4 is 39.7 Å². The van der Waals surface area contributed by atoms with Crippen LogP contribution >= 0.6 is 22.6 Å². The van der Waals surface area contributed by atoms with Crippen molar-refractivity contribution in [2.24, 2.45) is 0 Å². The van der Waals surface area contributed by atoms with Gasteiger partial charge in [0.15, 0.2) is 21.2 Å². The highest BCUT2D eigenvalue weighted by molar-refractivity contribution is 14.1. The van der Waals surface area contributed by atoms with E-state index in [0.29, 0.717) is 3.83 Å². The number of fused-ring (bicyclic) bond motifs is 1. The molecule has 0 radical (unpaired) electrons. The summed E-state index contributed by atoms with van der Waals surface area (Å²) in [5.74, 6) is -0.100. The van der Waals surface area contributed by atoms with E-state index in [-0.39, 0.29) is 17.1 Å². The summed E-state index contributed by atoms with van der Waals surface area (Å²) in [6, 6.07) is 0. The quantitative estimate of drug-likeness (QED) is 0.279. The SMILES string of the molecule is Nc1nc2c(nc(I)n2[C@@H]2O[C@H](CO)[C@@H](O)[C@H]2O)c(=O)[nH]1. The standard InChI is InChI=1S/C10H12IN5O5/c11-9-13-3-6(14-10(12)15-7(3)20)16(9)8-5(19)4(18)2(1-17)21-8/h2,4-5,8,17-19H,1H2,(H3,12,14,15,20)/t2-,4-,5-,8-/m1/s1. The first-order valence-electron chi connectivity index (χ1n) is 5.99. The first-order chi connectivity index (χ1) is 9.93. The monoisotopic (exact) mass is 409 g/mol. The van der Waals surface area contributed by atoms with Crippen LogP contribution in [0.25, 0.3) is 11.2 Å². The summed E-state index contributed by atoms with van der Waals surface area (Å²) < 4.78 is 7.12. The van der Waals surface area contributed by atoms with Gasteiger partial charge in [-0.05, 0) is 0 Å². The number of nitrogen functional groups attached to an aromatic ring is 1. The molecule has 10 nitrogen and oxygen atoms in total. The normalized spacial score (nSPS) is 29.3. The number of hydrogen-bond donors (Lipinski definition) is 5. The topological polar surface area (TPSA) is 160 Å². The number of imidazole rings is 1. The lowest BCUT2D eigenvalue weighted by Crippen LogP contribution is -2.33. The average Bonchev–Trinajstić information content (AvgIpc) is 2.89. The molecule has 1 aliphatic rings. The molecule has 1 aliphatic heterocycles. The second-order valence-corrected chi connectivity index (χ2v) is 5.57. The van der Waals surface area contributed by atoms with Crippen molar-refractivity contribution in [1.82, 2.24) is 19.5 Å². The molecular weight excluding hydrogens is 397 g/mol. The summed E-state index contributed by atoms with van der Waals surface area (Å²) in [5, 5.41) is 29.0. The van der Waals surface area contributed by atoms with Gasteiger partial charge in [-0.3, -0.25) is 14.3 Å². The van der Waals surface area contributed by atoms with Crippen molar-refractivity contribution < 1.29 is 20.1 Å². The van der Waals surface area contributed by atoms with Crippen LogP contribution in [0, 0.1) is 3.83 Å². The van der Waals surface area contributed by atoms with Crippen LogP contribution < -0.4 is 11.3 Å². The van der Waals surface area contributed by atoms with Crippen LogP contribution in [0.5, 0.6) is 0 Å². The van der Waals surface area contributed by atoms with Crippen LogP contribution in [-0.4, -0.2) is 59.8 Å². The van der Waals surface area contributed by atoms with Crippen molar-refractivity contribution in [3.8, 4) is 0 Å². The summed E-state index contributed by atoms with van der Waals surface area (Å²) in [4.78, 5) is 22.2. The average molecular weight is 409 g/mol. The minimum Gasteiger partial charge on any atom is -0.394 e. The fraction of sp³-hybridized carbons (Fsp3) is 0.500. The third kappa shape index (κ3) is 2.20. The maximum Gasteiger partial charge on any atom is 0.280 e. The molecule has 0 spiro atoms. The Kier molecular flexibility index (Phi) is 3.61. The number of aliphatic hydroxyl groups excluding tert-OH is 3. The molecule has 1 fully saturated rings. The van der Waals surface area contributed by atoms with E-state index >= 15 is 0 Å². The van der Waals surface area contributed by atoms with Gasteiger partial charge < -0.3 is 25.8 Å². The van der Waals surface area contributed by atoms with E-state index in [2.05, 4.69) is 15.0 Å². The van der Waals surface area contributed by atoms with Crippen LogP contribution in [0.1, 0.15) is 6.23 Å². The highest BCUT2D eigenvalue weighted by Gasteiger charge is 2.44. The van der Waals surface area contributed by atoms with E-state index in [0.717, 1.165) is 0 Å². The third-order valence-electron chi connectivity index (χ3n) is 3.30. The fourth-order valence-corrected chi connectivity index (χ4v) is 3.04. The van der Waals surface area contributed by atoms with Crippen LogP contribution in [0.3, 0.4) is 0 Å². The predicted molar refractivity (Wildman–Crippen MR) is 78.3 cm³/mol. The molecule has 2 aromatic rings. The largest absolute Gasteiger partial charge is 0.394 e. The lowest BCUT2D eigenvalue weighted by molar-refractivity contribution is -0.0522. The Balaban J connectivity index is 2.17. The lowest BCUT2D eigenvalue weighted by Gasteiger charge is -2.17. The highest BCUT2D eigenvalue weighted by atomic mass is 127. The van der Waals surface area contributed by atoms with Gasteiger partial charge in [0.1, 0.15) is 18.3 Å². The van der Waals surface area contributed by atoms with Gasteiger partial charge in [-0.1, -0.05) is 0 Å². The number of halogens is 1. The Morgan fingerprint density at radius 3 is 2.71 bits per heavy atom. The molecule has 0 bridgehead atoms. The first kappa shape index (κ1) is 14.6. The second-order valence-electron chi connectivity index (χ2n) is 4.60. The molecule has 6 N–H and O–H groups in total. The number of aromatic nitrogens is 4. The number of aromatic amines is 1. The van der Waals surface area contributed by atoms with Gasteiger partial charge in [0.05, 0.1) is 6.61 Å². The Bertz CT molecular complexity index is 745. The molecular formula is C10H12IN5O5. The summed E-state index contributed by atoms with van der Waals surface area (Å²) in [6.45, 7) is -0.450. The molecule has 21 heavy (non-hydrogen) atoms. The smallest absolute Gasteiger partial charge is 0.280 e. The van der Waals surface area contributed by atoms with Gasteiger partial charge in [0, 0.05) is 22.6 Å². The third-order valence-corrected chi connectivity index (χ3v) is 4.06. The number of nitrogens with two attached hydrogens (primary N) is 1. The van der Waals surface area contributed by atoms with E-state index in [9.17, 15) is 15.0 Å². The van der Waals surface area contributed by atoms with E-state index in [4.69, 9.17) is 15.6 Å². The highest BCUT2D eigenvalue weighted by Crippen LogP contribution is 2.32. The zero-order chi connectivity index (χ0) is 15.3. The molecule has 0 unspecified atom stereocenters. The Hall–Kier alpha value is -1.28. The van der Waals surface area contributed by atoms with Crippen molar-refractivity contribution in [2.45, 2.75) is 24.5 Å². The van der Waals surface area contributed by atoms with E-state index in [1.165, 1.54) is 4.57 Å². The Labute approximate surface area is 130 Å². The van der Waals surface area contributed by atoms with Crippen LogP contribution in [0.4, 0.5) is 5.95 Å². The molecule has 114 valence electrons. The predicted octanol–water partition coefficient (Wildman–Crippen LogP) is -2.08. The molecule has 0 amide bonds. The number of anilines is 1. The molecule has 3 heterocycles. The minimum atomic E-state index is -1.30. The number of nitrogens with one attached hydrogen (secondary N) is 1. The summed E-state index contributed by atoms with van der Waals surface area (Å²) >= 11 is 1.85.